The Hall–Kier alpha value is 1.10. The molecule has 0 bridgehead atoms. The van der Waals surface area contributed by atoms with Gasteiger partial charge in [-0.2, -0.15) is 12.8 Å². The summed E-state index contributed by atoms with van der Waals surface area (Å²) in [6.07, 6.45) is 9.50. The van der Waals surface area contributed by atoms with E-state index in [9.17, 15) is 0 Å². The van der Waals surface area contributed by atoms with Crippen molar-refractivity contribution in [1.29, 1.82) is 0 Å². The van der Waals surface area contributed by atoms with E-state index in [-0.39, 0.29) is 40.1 Å². The van der Waals surface area contributed by atoms with Gasteiger partial charge in [-0.05, 0) is 0 Å². The average molecular weight is 187 g/mol. The molecule has 0 nitrogen and oxygen atoms in total. The molecule has 1 aliphatic rings. The molecule has 0 unspecified atom stereocenters. The Morgan fingerprint density at radius 3 is 1.50 bits per heavy atom. The second-order valence-electron chi connectivity index (χ2n) is 1.93. The van der Waals surface area contributed by atoms with Gasteiger partial charge in [0.2, 0.25) is 0 Å². The van der Waals surface area contributed by atoms with Crippen molar-refractivity contribution in [2.45, 2.75) is 32.1 Å². The smallest absolute Gasteiger partial charge is 0 e. The minimum Gasteiger partial charge on any atom is -0.358 e. The largest absolute Gasteiger partial charge is 0.358 e. The monoisotopic (exact) mass is 187 g/mol. The summed E-state index contributed by atoms with van der Waals surface area (Å²) in [6, 6.07) is 0. The summed E-state index contributed by atoms with van der Waals surface area (Å²) < 4.78 is 0. The van der Waals surface area contributed by atoms with Crippen molar-refractivity contribution in [3.8, 4) is 0 Å². The fraction of sp³-hybridized carbons (Fsp3) is 0.714. The topological polar surface area (TPSA) is 0 Å². The van der Waals surface area contributed by atoms with Crippen LogP contribution in [0.15, 0.2) is 0 Å². The third-order valence-corrected chi connectivity index (χ3v) is 1.32. The van der Waals surface area contributed by atoms with Gasteiger partial charge in [0, 0.05) is 32.7 Å². The van der Waals surface area contributed by atoms with Gasteiger partial charge < -0.3 is 13.8 Å². The first-order chi connectivity index (χ1) is 3.00. The minimum absolute atomic E-state index is 0. The van der Waals surface area contributed by atoms with E-state index in [0.717, 1.165) is 0 Å². The van der Waals surface area contributed by atoms with Gasteiger partial charge >= 0.3 is 0 Å². The number of hydrogen-bond acceptors (Lipinski definition) is 0. The maximum atomic E-state index is 2.39. The van der Waals surface area contributed by atoms with Crippen LogP contribution in [0.25, 0.3) is 0 Å². The van der Waals surface area contributed by atoms with Gasteiger partial charge in [0.25, 0.3) is 0 Å². The van der Waals surface area contributed by atoms with Gasteiger partial charge in [-0.15, -0.1) is 0 Å². The summed E-state index contributed by atoms with van der Waals surface area (Å²) in [4.78, 5) is 0. The summed E-state index contributed by atoms with van der Waals surface area (Å²) in [5, 5.41) is 0. The molecule has 0 atom stereocenters. The zero-order valence-corrected chi connectivity index (χ0v) is 8.53. The summed E-state index contributed by atoms with van der Waals surface area (Å²) >= 11 is 0. The predicted molar refractivity (Wildman–Crippen MR) is 33.8 cm³/mol. The van der Waals surface area contributed by atoms with Gasteiger partial charge in [-0.1, -0.05) is 19.3 Å². The average Bonchev–Trinajstić information content (AvgIpc) is 1.72. The van der Waals surface area contributed by atoms with Crippen molar-refractivity contribution in [3.05, 3.63) is 13.8 Å². The van der Waals surface area contributed by atoms with Crippen LogP contribution in [0.4, 0.5) is 0 Å². The van der Waals surface area contributed by atoms with Crippen LogP contribution < -0.4 is 0 Å². The predicted octanol–water partition coefficient (Wildman–Crippen LogP) is 2.60. The van der Waals surface area contributed by atoms with Crippen molar-refractivity contribution in [3.63, 3.8) is 0 Å². The molecule has 1 rings (SSSR count). The quantitative estimate of drug-likeness (QED) is 0.511. The van der Waals surface area contributed by atoms with Crippen molar-refractivity contribution in [2.75, 3.05) is 0 Å². The van der Waals surface area contributed by atoms with Crippen molar-refractivity contribution < 1.29 is 32.7 Å². The van der Waals surface area contributed by atoms with Crippen LogP contribution in [-0.4, -0.2) is 0 Å². The first-order valence-electron chi connectivity index (χ1n) is 2.82. The van der Waals surface area contributed by atoms with E-state index in [4.69, 9.17) is 0 Å². The third-order valence-electron chi connectivity index (χ3n) is 1.32. The van der Waals surface area contributed by atoms with E-state index in [1.807, 2.05) is 0 Å². The molecule has 0 aliphatic heterocycles. The molecule has 1 heteroatoms. The van der Waals surface area contributed by atoms with Gasteiger partial charge in [-0.3, -0.25) is 0 Å². The Balaban J connectivity index is 0. The molecule has 1 saturated carbocycles. The molecule has 8 heavy (non-hydrogen) atoms. The molecule has 47 valence electrons. The molecular weight excluding hydrogens is 173 g/mol. The van der Waals surface area contributed by atoms with E-state index in [2.05, 4.69) is 6.42 Å². The Labute approximate surface area is 78.3 Å². The van der Waals surface area contributed by atoms with Crippen LogP contribution in [0.5, 0.6) is 0 Å². The second kappa shape index (κ2) is 8.10. The molecule has 0 spiro atoms. The van der Waals surface area contributed by atoms with E-state index < -0.39 is 0 Å². The van der Waals surface area contributed by atoms with Crippen LogP contribution in [0, 0.1) is 13.8 Å². The minimum atomic E-state index is 0. The number of hydrogen-bond donors (Lipinski definition) is 0. The molecule has 0 amide bonds. The molecule has 0 N–H and O–H groups in total. The fourth-order valence-corrected chi connectivity index (χ4v) is 0.898. The van der Waals surface area contributed by atoms with Crippen molar-refractivity contribution >= 4 is 0 Å². The maximum Gasteiger partial charge on any atom is 0 e. The van der Waals surface area contributed by atoms with E-state index in [0.29, 0.717) is 0 Å². The first kappa shape index (κ1) is 11.8. The van der Waals surface area contributed by atoms with Crippen LogP contribution in [0.3, 0.4) is 0 Å². The molecule has 0 aromatic carbocycles. The Morgan fingerprint density at radius 2 is 1.38 bits per heavy atom. The van der Waals surface area contributed by atoms with Crippen LogP contribution >= 0.6 is 0 Å². The molecule has 0 aromatic heterocycles. The molecule has 0 saturated heterocycles. The van der Waals surface area contributed by atoms with E-state index in [1.54, 1.807) is 0 Å². The normalized spacial score (nSPS) is 18.0. The van der Waals surface area contributed by atoms with E-state index >= 15 is 0 Å². The molecular formula is C7H14Y-2. The SMILES string of the molecule is [CH-]1CCCCC1.[CH3-].[Y]. The van der Waals surface area contributed by atoms with Crippen molar-refractivity contribution in [1.82, 2.24) is 0 Å². The Kier molecular flexibility index (Phi) is 12.0. The Morgan fingerprint density at radius 1 is 0.875 bits per heavy atom. The van der Waals surface area contributed by atoms with Gasteiger partial charge in [-0.25, -0.2) is 0 Å². The van der Waals surface area contributed by atoms with Crippen LogP contribution in [-0.2, 0) is 32.7 Å². The van der Waals surface area contributed by atoms with Crippen LogP contribution in [0.1, 0.15) is 32.1 Å². The fourth-order valence-electron chi connectivity index (χ4n) is 0.898. The molecule has 0 heterocycles. The van der Waals surface area contributed by atoms with Crippen LogP contribution in [0.2, 0.25) is 0 Å². The molecule has 1 fully saturated rings. The molecule has 1 radical (unpaired) electrons. The summed E-state index contributed by atoms with van der Waals surface area (Å²) in [5.41, 5.74) is 0. The Bertz CT molecular complexity index is 19.9. The molecule has 0 aromatic rings. The zero-order valence-electron chi connectivity index (χ0n) is 5.69. The zero-order chi connectivity index (χ0) is 4.24. The summed E-state index contributed by atoms with van der Waals surface area (Å²) in [5.74, 6) is 0. The maximum absolute atomic E-state index is 2.39. The van der Waals surface area contributed by atoms with Gasteiger partial charge in [0.1, 0.15) is 0 Å². The van der Waals surface area contributed by atoms with Crippen molar-refractivity contribution in [2.24, 2.45) is 0 Å². The third kappa shape index (κ3) is 5.24. The number of rotatable bonds is 0. The summed E-state index contributed by atoms with van der Waals surface area (Å²) in [7, 11) is 0. The standard InChI is InChI=1S/C6H11.CH3.Y/c1-2-4-6-5-3-1;;/h1H,2-6H2;1H3;/q2*-1;. The summed E-state index contributed by atoms with van der Waals surface area (Å²) in [6.45, 7) is 0. The second-order valence-corrected chi connectivity index (χ2v) is 1.93. The molecule has 1 aliphatic carbocycles. The van der Waals surface area contributed by atoms with Gasteiger partial charge in [0.15, 0.2) is 0 Å². The van der Waals surface area contributed by atoms with Gasteiger partial charge in [0.05, 0.1) is 0 Å². The first-order valence-corrected chi connectivity index (χ1v) is 2.82. The van der Waals surface area contributed by atoms with E-state index in [1.165, 1.54) is 32.1 Å².